The molecule has 0 radical (unpaired) electrons. The third-order valence-electron chi connectivity index (χ3n) is 4.00. The zero-order valence-corrected chi connectivity index (χ0v) is 16.9. The zero-order chi connectivity index (χ0) is 19.5. The second-order valence-corrected chi connectivity index (χ2v) is 7.33. The Bertz CT molecular complexity index is 1130. The van der Waals surface area contributed by atoms with Crippen LogP contribution in [-0.2, 0) is 0 Å². The van der Waals surface area contributed by atoms with Crippen LogP contribution in [0.4, 0.5) is 5.69 Å². The summed E-state index contributed by atoms with van der Waals surface area (Å²) in [6.07, 6.45) is 0. The van der Waals surface area contributed by atoms with Crippen LogP contribution in [0.5, 0.6) is 0 Å². The molecule has 0 aliphatic rings. The van der Waals surface area contributed by atoms with Gasteiger partial charge < -0.3 is 5.32 Å². The van der Waals surface area contributed by atoms with Gasteiger partial charge in [-0.05, 0) is 48.5 Å². The highest BCUT2D eigenvalue weighted by Gasteiger charge is 2.19. The quantitative estimate of drug-likeness (QED) is 0.437. The Balaban J connectivity index is 1.77. The van der Waals surface area contributed by atoms with E-state index in [1.165, 1.54) is 0 Å². The molecule has 7 heteroatoms. The predicted molar refractivity (Wildman–Crippen MR) is 114 cm³/mol. The lowest BCUT2D eigenvalue weighted by Crippen LogP contribution is -2.14. The predicted octanol–water partition coefficient (Wildman–Crippen LogP) is 5.60. The van der Waals surface area contributed by atoms with Crippen molar-refractivity contribution in [3.05, 3.63) is 94.2 Å². The molecule has 0 spiro atoms. The van der Waals surface area contributed by atoms with Gasteiger partial charge in [-0.25, -0.2) is 9.67 Å². The Labute approximate surface area is 175 Å². The Morgan fingerprint density at radius 2 is 1.71 bits per heavy atom. The highest BCUT2D eigenvalue weighted by molar-refractivity contribution is 9.10. The van der Waals surface area contributed by atoms with Gasteiger partial charge in [-0.1, -0.05) is 57.9 Å². The van der Waals surface area contributed by atoms with Crippen LogP contribution in [0.2, 0.25) is 5.02 Å². The van der Waals surface area contributed by atoms with Crippen LogP contribution in [0.1, 0.15) is 10.6 Å². The minimum Gasteiger partial charge on any atom is -0.319 e. The van der Waals surface area contributed by atoms with E-state index in [0.717, 1.165) is 15.7 Å². The molecule has 0 aliphatic heterocycles. The summed E-state index contributed by atoms with van der Waals surface area (Å²) < 4.78 is 2.58. The lowest BCUT2D eigenvalue weighted by molar-refractivity contribution is 0.101. The average molecular weight is 454 g/mol. The molecule has 28 heavy (non-hydrogen) atoms. The zero-order valence-electron chi connectivity index (χ0n) is 14.5. The van der Waals surface area contributed by atoms with Crippen LogP contribution in [0.25, 0.3) is 17.1 Å². The molecule has 0 saturated heterocycles. The van der Waals surface area contributed by atoms with E-state index in [1.54, 1.807) is 16.8 Å². The lowest BCUT2D eigenvalue weighted by Gasteiger charge is -2.06. The van der Waals surface area contributed by atoms with Crippen molar-refractivity contribution >= 4 is 39.1 Å². The van der Waals surface area contributed by atoms with Crippen molar-refractivity contribution in [3.8, 4) is 17.1 Å². The third kappa shape index (κ3) is 3.98. The molecule has 4 rings (SSSR count). The highest BCUT2D eigenvalue weighted by Crippen LogP contribution is 2.25. The molecule has 1 N–H and O–H groups in total. The smallest absolute Gasteiger partial charge is 0.295 e. The van der Waals surface area contributed by atoms with Gasteiger partial charge in [0.1, 0.15) is 0 Å². The number of nitrogens with one attached hydrogen (secondary N) is 1. The molecule has 0 atom stereocenters. The summed E-state index contributed by atoms with van der Waals surface area (Å²) in [7, 11) is 0. The van der Waals surface area contributed by atoms with E-state index < -0.39 is 0 Å². The van der Waals surface area contributed by atoms with E-state index in [-0.39, 0.29) is 11.7 Å². The van der Waals surface area contributed by atoms with Gasteiger partial charge >= 0.3 is 0 Å². The summed E-state index contributed by atoms with van der Waals surface area (Å²) in [5.74, 6) is 0.218. The number of anilines is 1. The second-order valence-electron chi connectivity index (χ2n) is 5.98. The van der Waals surface area contributed by atoms with Gasteiger partial charge in [0, 0.05) is 20.7 Å². The fourth-order valence-corrected chi connectivity index (χ4v) is 3.15. The Hall–Kier alpha value is -2.96. The molecule has 1 heterocycles. The van der Waals surface area contributed by atoms with Gasteiger partial charge in [-0.15, -0.1) is 5.10 Å². The van der Waals surface area contributed by atoms with Crippen LogP contribution in [-0.4, -0.2) is 20.7 Å². The van der Waals surface area contributed by atoms with E-state index in [1.807, 2.05) is 66.7 Å². The molecule has 1 amide bonds. The van der Waals surface area contributed by atoms with E-state index in [2.05, 4.69) is 31.3 Å². The molecule has 0 fully saturated rings. The van der Waals surface area contributed by atoms with E-state index in [4.69, 9.17) is 11.6 Å². The van der Waals surface area contributed by atoms with Crippen LogP contribution in [0.3, 0.4) is 0 Å². The van der Waals surface area contributed by atoms with Crippen molar-refractivity contribution in [2.75, 3.05) is 5.32 Å². The van der Waals surface area contributed by atoms with Gasteiger partial charge in [0.2, 0.25) is 5.82 Å². The normalized spacial score (nSPS) is 10.6. The Morgan fingerprint density at radius 3 is 2.43 bits per heavy atom. The standard InChI is InChI=1S/C21H14BrClN4O/c22-15-9-11-18(12-10-15)27-20(14-5-4-6-16(23)13-14)25-19(26-27)21(28)24-17-7-2-1-3-8-17/h1-13H,(H,24,28). The molecule has 0 bridgehead atoms. The topological polar surface area (TPSA) is 59.8 Å². The van der Waals surface area contributed by atoms with E-state index >= 15 is 0 Å². The summed E-state index contributed by atoms with van der Waals surface area (Å²) in [6, 6.07) is 24.1. The molecule has 0 aliphatic carbocycles. The number of hydrogen-bond acceptors (Lipinski definition) is 3. The maximum atomic E-state index is 12.7. The molecule has 4 aromatic rings. The Morgan fingerprint density at radius 1 is 0.964 bits per heavy atom. The molecular weight excluding hydrogens is 440 g/mol. The summed E-state index contributed by atoms with van der Waals surface area (Å²) >= 11 is 9.58. The summed E-state index contributed by atoms with van der Waals surface area (Å²) in [6.45, 7) is 0. The molecule has 0 saturated carbocycles. The van der Waals surface area contributed by atoms with Crippen molar-refractivity contribution in [1.29, 1.82) is 0 Å². The number of aromatic nitrogens is 3. The van der Waals surface area contributed by atoms with Crippen molar-refractivity contribution in [1.82, 2.24) is 14.8 Å². The third-order valence-corrected chi connectivity index (χ3v) is 4.76. The van der Waals surface area contributed by atoms with Gasteiger partial charge in [0.25, 0.3) is 5.91 Å². The monoisotopic (exact) mass is 452 g/mol. The molecular formula is C21H14BrClN4O. The summed E-state index contributed by atoms with van der Waals surface area (Å²) in [4.78, 5) is 17.2. The largest absolute Gasteiger partial charge is 0.319 e. The van der Waals surface area contributed by atoms with Crippen LogP contribution < -0.4 is 5.32 Å². The van der Waals surface area contributed by atoms with Crippen molar-refractivity contribution in [2.45, 2.75) is 0 Å². The number of rotatable bonds is 4. The molecule has 138 valence electrons. The van der Waals surface area contributed by atoms with E-state index in [0.29, 0.717) is 16.5 Å². The average Bonchev–Trinajstić information content (AvgIpc) is 3.15. The maximum absolute atomic E-state index is 12.7. The van der Waals surface area contributed by atoms with Gasteiger partial charge in [-0.3, -0.25) is 4.79 Å². The number of amides is 1. The van der Waals surface area contributed by atoms with Crippen molar-refractivity contribution in [3.63, 3.8) is 0 Å². The van der Waals surface area contributed by atoms with Crippen molar-refractivity contribution < 1.29 is 4.79 Å². The number of carbonyl (C=O) groups excluding carboxylic acids is 1. The second kappa shape index (κ2) is 7.96. The lowest BCUT2D eigenvalue weighted by atomic mass is 10.2. The first-order chi connectivity index (χ1) is 13.6. The molecule has 1 aromatic heterocycles. The number of para-hydroxylation sites is 1. The van der Waals surface area contributed by atoms with E-state index in [9.17, 15) is 4.79 Å². The number of hydrogen-bond donors (Lipinski definition) is 1. The molecule has 0 unspecified atom stereocenters. The van der Waals surface area contributed by atoms with Crippen LogP contribution in [0.15, 0.2) is 83.3 Å². The number of carbonyl (C=O) groups is 1. The summed E-state index contributed by atoms with van der Waals surface area (Å²) in [5.41, 5.74) is 2.22. The Kier molecular flexibility index (Phi) is 5.23. The molecule has 5 nitrogen and oxygen atoms in total. The van der Waals surface area contributed by atoms with Gasteiger partial charge in [0.05, 0.1) is 5.69 Å². The maximum Gasteiger partial charge on any atom is 0.295 e. The number of benzene rings is 3. The fourth-order valence-electron chi connectivity index (χ4n) is 2.69. The van der Waals surface area contributed by atoms with Gasteiger partial charge in [0.15, 0.2) is 5.82 Å². The molecule has 3 aromatic carbocycles. The minimum absolute atomic E-state index is 0.0711. The van der Waals surface area contributed by atoms with Crippen LogP contribution in [0, 0.1) is 0 Å². The minimum atomic E-state index is -0.384. The first-order valence-electron chi connectivity index (χ1n) is 8.45. The highest BCUT2D eigenvalue weighted by atomic mass is 79.9. The van der Waals surface area contributed by atoms with Crippen molar-refractivity contribution in [2.24, 2.45) is 0 Å². The van der Waals surface area contributed by atoms with Gasteiger partial charge in [-0.2, -0.15) is 0 Å². The fraction of sp³-hybridized carbons (Fsp3) is 0. The number of halogens is 2. The SMILES string of the molecule is O=C(Nc1ccccc1)c1nc(-c2cccc(Cl)c2)n(-c2ccc(Br)cc2)n1. The first kappa shape index (κ1) is 18.4. The summed E-state index contributed by atoms with van der Waals surface area (Å²) in [5, 5.41) is 7.84. The first-order valence-corrected chi connectivity index (χ1v) is 9.62. The van der Waals surface area contributed by atoms with Crippen LogP contribution >= 0.6 is 27.5 Å². The number of nitrogens with zero attached hydrogens (tertiary/aromatic N) is 3.